The first-order chi connectivity index (χ1) is 6.66. The van der Waals surface area contributed by atoms with Gasteiger partial charge >= 0.3 is 0 Å². The van der Waals surface area contributed by atoms with Gasteiger partial charge in [-0.1, -0.05) is 19.8 Å². The van der Waals surface area contributed by atoms with Crippen LogP contribution in [-0.4, -0.2) is 35.0 Å². The molecule has 1 saturated carbocycles. The standard InChI is InChI=1S/C11H23NO2/c1-2-10(13)5-8-12-9-11(14)6-3-4-7-11/h10,12-14H,2-9H2,1H3. The van der Waals surface area contributed by atoms with E-state index in [1.165, 1.54) is 0 Å². The lowest BCUT2D eigenvalue weighted by Crippen LogP contribution is -2.38. The minimum absolute atomic E-state index is 0.194. The monoisotopic (exact) mass is 201 g/mol. The summed E-state index contributed by atoms with van der Waals surface area (Å²) in [5.41, 5.74) is -0.461. The fourth-order valence-corrected chi connectivity index (χ4v) is 2.00. The Kier molecular flexibility index (Phi) is 4.85. The van der Waals surface area contributed by atoms with Crippen molar-refractivity contribution in [2.45, 2.75) is 57.2 Å². The molecule has 1 aliphatic carbocycles. The molecule has 1 rings (SSSR count). The summed E-state index contributed by atoms with van der Waals surface area (Å²) in [6, 6.07) is 0. The second kappa shape index (κ2) is 5.69. The summed E-state index contributed by atoms with van der Waals surface area (Å²) < 4.78 is 0. The molecule has 1 fully saturated rings. The molecule has 0 aromatic carbocycles. The number of hydrogen-bond donors (Lipinski definition) is 3. The average Bonchev–Trinajstić information content (AvgIpc) is 2.60. The minimum Gasteiger partial charge on any atom is -0.393 e. The molecule has 84 valence electrons. The van der Waals surface area contributed by atoms with E-state index in [2.05, 4.69) is 5.32 Å². The third-order valence-electron chi connectivity index (χ3n) is 3.11. The van der Waals surface area contributed by atoms with Crippen molar-refractivity contribution in [3.05, 3.63) is 0 Å². The van der Waals surface area contributed by atoms with Gasteiger partial charge in [0.25, 0.3) is 0 Å². The molecular formula is C11H23NO2. The van der Waals surface area contributed by atoms with E-state index >= 15 is 0 Å². The van der Waals surface area contributed by atoms with E-state index in [0.717, 1.165) is 45.1 Å². The molecule has 0 aliphatic heterocycles. The Hall–Kier alpha value is -0.120. The lowest BCUT2D eigenvalue weighted by Gasteiger charge is -2.22. The normalized spacial score (nSPS) is 22.5. The van der Waals surface area contributed by atoms with Crippen LogP contribution in [-0.2, 0) is 0 Å². The highest BCUT2D eigenvalue weighted by molar-refractivity contribution is 4.86. The molecular weight excluding hydrogens is 178 g/mol. The first kappa shape index (κ1) is 12.0. The van der Waals surface area contributed by atoms with Crippen molar-refractivity contribution in [3.8, 4) is 0 Å². The Morgan fingerprint density at radius 1 is 1.36 bits per heavy atom. The van der Waals surface area contributed by atoms with Gasteiger partial charge in [0.05, 0.1) is 11.7 Å². The lowest BCUT2D eigenvalue weighted by atomic mass is 10.0. The predicted octanol–water partition coefficient (Wildman–Crippen LogP) is 1.04. The Morgan fingerprint density at radius 2 is 2.00 bits per heavy atom. The summed E-state index contributed by atoms with van der Waals surface area (Å²) in [6.45, 7) is 3.47. The number of rotatable bonds is 6. The Morgan fingerprint density at radius 3 is 2.57 bits per heavy atom. The maximum absolute atomic E-state index is 9.99. The van der Waals surface area contributed by atoms with Gasteiger partial charge in [-0.05, 0) is 32.2 Å². The van der Waals surface area contributed by atoms with Crippen LogP contribution in [0, 0.1) is 0 Å². The van der Waals surface area contributed by atoms with Crippen LogP contribution in [0.15, 0.2) is 0 Å². The highest BCUT2D eigenvalue weighted by Crippen LogP contribution is 2.28. The second-order valence-electron chi connectivity index (χ2n) is 4.46. The molecule has 3 heteroatoms. The van der Waals surface area contributed by atoms with Gasteiger partial charge < -0.3 is 15.5 Å². The van der Waals surface area contributed by atoms with E-state index in [1.807, 2.05) is 6.92 Å². The molecule has 0 radical (unpaired) electrons. The first-order valence-corrected chi connectivity index (χ1v) is 5.77. The van der Waals surface area contributed by atoms with Crippen molar-refractivity contribution in [1.82, 2.24) is 5.32 Å². The van der Waals surface area contributed by atoms with Crippen molar-refractivity contribution >= 4 is 0 Å². The van der Waals surface area contributed by atoms with E-state index < -0.39 is 5.60 Å². The van der Waals surface area contributed by atoms with Gasteiger partial charge in [0.2, 0.25) is 0 Å². The van der Waals surface area contributed by atoms with Crippen molar-refractivity contribution in [3.63, 3.8) is 0 Å². The van der Waals surface area contributed by atoms with Crippen LogP contribution in [0.4, 0.5) is 0 Å². The largest absolute Gasteiger partial charge is 0.393 e. The zero-order chi connectivity index (χ0) is 10.4. The summed E-state index contributed by atoms with van der Waals surface area (Å²) in [6.07, 6.45) is 5.55. The van der Waals surface area contributed by atoms with Crippen LogP contribution in [0.1, 0.15) is 45.4 Å². The minimum atomic E-state index is -0.461. The smallest absolute Gasteiger partial charge is 0.0771 e. The van der Waals surface area contributed by atoms with Crippen LogP contribution in [0.5, 0.6) is 0 Å². The molecule has 1 aliphatic rings. The van der Waals surface area contributed by atoms with Gasteiger partial charge in [-0.2, -0.15) is 0 Å². The highest BCUT2D eigenvalue weighted by atomic mass is 16.3. The topological polar surface area (TPSA) is 52.5 Å². The van der Waals surface area contributed by atoms with Crippen molar-refractivity contribution in [2.75, 3.05) is 13.1 Å². The average molecular weight is 201 g/mol. The molecule has 3 nitrogen and oxygen atoms in total. The summed E-state index contributed by atoms with van der Waals surface area (Å²) >= 11 is 0. The highest BCUT2D eigenvalue weighted by Gasteiger charge is 2.30. The number of aliphatic hydroxyl groups is 2. The Bertz CT molecular complexity index is 155. The molecule has 0 aromatic heterocycles. The van der Waals surface area contributed by atoms with E-state index in [-0.39, 0.29) is 6.10 Å². The van der Waals surface area contributed by atoms with E-state index in [1.54, 1.807) is 0 Å². The Labute approximate surface area is 86.5 Å². The van der Waals surface area contributed by atoms with E-state index in [4.69, 9.17) is 0 Å². The predicted molar refractivity (Wildman–Crippen MR) is 57.2 cm³/mol. The summed E-state index contributed by atoms with van der Waals surface area (Å²) in [5.74, 6) is 0. The molecule has 14 heavy (non-hydrogen) atoms. The fraction of sp³-hybridized carbons (Fsp3) is 1.00. The first-order valence-electron chi connectivity index (χ1n) is 5.77. The summed E-state index contributed by atoms with van der Waals surface area (Å²) in [7, 11) is 0. The molecule has 0 bridgehead atoms. The van der Waals surface area contributed by atoms with Crippen LogP contribution >= 0.6 is 0 Å². The molecule has 0 amide bonds. The van der Waals surface area contributed by atoms with Crippen LogP contribution < -0.4 is 5.32 Å². The van der Waals surface area contributed by atoms with Gasteiger partial charge in [0.15, 0.2) is 0 Å². The second-order valence-corrected chi connectivity index (χ2v) is 4.46. The van der Waals surface area contributed by atoms with Crippen molar-refractivity contribution < 1.29 is 10.2 Å². The van der Waals surface area contributed by atoms with E-state index in [0.29, 0.717) is 6.54 Å². The Balaban J connectivity index is 2.03. The maximum atomic E-state index is 9.99. The SMILES string of the molecule is CCC(O)CCNCC1(O)CCCC1. The zero-order valence-electron chi connectivity index (χ0n) is 9.13. The van der Waals surface area contributed by atoms with E-state index in [9.17, 15) is 10.2 Å². The van der Waals surface area contributed by atoms with Gasteiger partial charge in [-0.25, -0.2) is 0 Å². The molecule has 0 heterocycles. The molecule has 1 unspecified atom stereocenters. The maximum Gasteiger partial charge on any atom is 0.0771 e. The quantitative estimate of drug-likeness (QED) is 0.563. The third kappa shape index (κ3) is 3.95. The molecule has 0 aromatic rings. The molecule has 0 spiro atoms. The van der Waals surface area contributed by atoms with Gasteiger partial charge in [-0.15, -0.1) is 0 Å². The van der Waals surface area contributed by atoms with Gasteiger partial charge in [0, 0.05) is 6.54 Å². The number of aliphatic hydroxyl groups excluding tert-OH is 1. The third-order valence-corrected chi connectivity index (χ3v) is 3.11. The number of hydrogen-bond acceptors (Lipinski definition) is 3. The van der Waals surface area contributed by atoms with Crippen LogP contribution in [0.2, 0.25) is 0 Å². The van der Waals surface area contributed by atoms with Crippen molar-refractivity contribution in [2.24, 2.45) is 0 Å². The molecule has 1 atom stereocenters. The fourth-order valence-electron chi connectivity index (χ4n) is 2.00. The summed E-state index contributed by atoms with van der Waals surface area (Å²) in [4.78, 5) is 0. The summed E-state index contributed by atoms with van der Waals surface area (Å²) in [5, 5.41) is 22.5. The van der Waals surface area contributed by atoms with Crippen LogP contribution in [0.3, 0.4) is 0 Å². The van der Waals surface area contributed by atoms with Crippen molar-refractivity contribution in [1.29, 1.82) is 0 Å². The van der Waals surface area contributed by atoms with Gasteiger partial charge in [0.1, 0.15) is 0 Å². The van der Waals surface area contributed by atoms with Crippen LogP contribution in [0.25, 0.3) is 0 Å². The zero-order valence-corrected chi connectivity index (χ0v) is 9.13. The lowest BCUT2D eigenvalue weighted by molar-refractivity contribution is 0.0465. The van der Waals surface area contributed by atoms with Gasteiger partial charge in [-0.3, -0.25) is 0 Å². The number of nitrogens with one attached hydrogen (secondary N) is 1. The molecule has 3 N–H and O–H groups in total. The molecule has 0 saturated heterocycles.